The Bertz CT molecular complexity index is 534. The fourth-order valence-electron chi connectivity index (χ4n) is 2.33. The Morgan fingerprint density at radius 3 is 2.11 bits per heavy atom. The molecule has 1 aromatic rings. The van der Waals surface area contributed by atoms with Crippen molar-refractivity contribution in [3.63, 3.8) is 0 Å². The van der Waals surface area contributed by atoms with Crippen LogP contribution in [0.1, 0.15) is 24.8 Å². The van der Waals surface area contributed by atoms with Crippen molar-refractivity contribution in [2.75, 3.05) is 0 Å². The normalized spacial score (nSPS) is 19.5. The minimum absolute atomic E-state index is 0.133. The van der Waals surface area contributed by atoms with Crippen LogP contribution >= 0.6 is 7.60 Å². The van der Waals surface area contributed by atoms with Crippen molar-refractivity contribution < 1.29 is 24.3 Å². The molecule has 1 aliphatic carbocycles. The molecule has 2 rings (SSSR count). The zero-order valence-electron chi connectivity index (χ0n) is 10.2. The van der Waals surface area contributed by atoms with Crippen LogP contribution in [-0.4, -0.2) is 20.9 Å². The zero-order valence-corrected chi connectivity index (χ0v) is 11.1. The SMILES string of the molecule is N[C@@](C(=O)O)(c1ccc(P(=O)(O)O)cc1)C1CCC1. The largest absolute Gasteiger partial charge is 0.480 e. The number of hydrogen-bond acceptors (Lipinski definition) is 3. The summed E-state index contributed by atoms with van der Waals surface area (Å²) in [7, 11) is -4.32. The number of rotatable bonds is 4. The van der Waals surface area contributed by atoms with Crippen molar-refractivity contribution in [3.8, 4) is 0 Å². The summed E-state index contributed by atoms with van der Waals surface area (Å²) in [5.41, 5.74) is 4.93. The molecule has 1 aromatic carbocycles. The van der Waals surface area contributed by atoms with Crippen LogP contribution in [0.15, 0.2) is 24.3 Å². The first kappa shape index (κ1) is 14.2. The summed E-state index contributed by atoms with van der Waals surface area (Å²) in [6, 6.07) is 5.25. The van der Waals surface area contributed by atoms with Crippen LogP contribution in [0.3, 0.4) is 0 Å². The van der Waals surface area contributed by atoms with E-state index >= 15 is 0 Å². The fraction of sp³-hybridized carbons (Fsp3) is 0.417. The summed E-state index contributed by atoms with van der Waals surface area (Å²) < 4.78 is 11.1. The molecule has 0 unspecified atom stereocenters. The van der Waals surface area contributed by atoms with Crippen LogP contribution in [0.25, 0.3) is 0 Å². The van der Waals surface area contributed by atoms with E-state index < -0.39 is 19.1 Å². The van der Waals surface area contributed by atoms with Gasteiger partial charge in [0, 0.05) is 0 Å². The van der Waals surface area contributed by atoms with Crippen molar-refractivity contribution >= 4 is 18.9 Å². The lowest BCUT2D eigenvalue weighted by Gasteiger charge is -2.39. The summed E-state index contributed by atoms with van der Waals surface area (Å²) in [6.07, 6.45) is 2.46. The molecule has 0 aromatic heterocycles. The highest BCUT2D eigenvalue weighted by molar-refractivity contribution is 7.60. The zero-order chi connectivity index (χ0) is 14.3. The molecule has 0 radical (unpaired) electrons. The van der Waals surface area contributed by atoms with Gasteiger partial charge in [-0.05, 0) is 36.5 Å². The molecule has 104 valence electrons. The quantitative estimate of drug-likeness (QED) is 0.599. The first-order chi connectivity index (χ1) is 8.76. The topological polar surface area (TPSA) is 121 Å². The number of carboxylic acids is 1. The fourth-order valence-corrected chi connectivity index (χ4v) is 2.87. The minimum atomic E-state index is -4.32. The Morgan fingerprint density at radius 2 is 1.79 bits per heavy atom. The van der Waals surface area contributed by atoms with Gasteiger partial charge in [0.05, 0.1) is 5.30 Å². The second kappa shape index (κ2) is 4.72. The molecule has 1 saturated carbocycles. The number of carboxylic acid groups (broad SMARTS) is 1. The molecule has 0 amide bonds. The smallest absolute Gasteiger partial charge is 0.356 e. The molecule has 19 heavy (non-hydrogen) atoms. The van der Waals surface area contributed by atoms with E-state index in [9.17, 15) is 14.5 Å². The molecule has 0 heterocycles. The summed E-state index contributed by atoms with van der Waals surface area (Å²) in [5, 5.41) is 9.23. The molecule has 7 heteroatoms. The summed E-state index contributed by atoms with van der Waals surface area (Å²) in [6.45, 7) is 0. The molecule has 6 nitrogen and oxygen atoms in total. The van der Waals surface area contributed by atoms with Gasteiger partial charge in [-0.1, -0.05) is 18.6 Å². The van der Waals surface area contributed by atoms with Gasteiger partial charge in [0.2, 0.25) is 0 Å². The van der Waals surface area contributed by atoms with E-state index in [1.54, 1.807) is 0 Å². The second-order valence-electron chi connectivity index (χ2n) is 4.89. The summed E-state index contributed by atoms with van der Waals surface area (Å²) in [5.74, 6) is -1.24. The molecule has 0 spiro atoms. The van der Waals surface area contributed by atoms with Crippen molar-refractivity contribution in [2.24, 2.45) is 11.7 Å². The van der Waals surface area contributed by atoms with Crippen LogP contribution in [0.2, 0.25) is 0 Å². The Kier molecular flexibility index (Phi) is 3.53. The molecule has 1 fully saturated rings. The van der Waals surface area contributed by atoms with E-state index in [1.807, 2.05) is 0 Å². The van der Waals surface area contributed by atoms with Crippen molar-refractivity contribution in [1.82, 2.24) is 0 Å². The second-order valence-corrected chi connectivity index (χ2v) is 6.50. The van der Waals surface area contributed by atoms with Gasteiger partial charge in [-0.25, -0.2) is 4.79 Å². The number of carbonyl (C=O) groups is 1. The number of hydrogen-bond donors (Lipinski definition) is 4. The van der Waals surface area contributed by atoms with Crippen LogP contribution in [0.5, 0.6) is 0 Å². The van der Waals surface area contributed by atoms with Gasteiger partial charge in [0.15, 0.2) is 0 Å². The first-order valence-electron chi connectivity index (χ1n) is 5.95. The highest BCUT2D eigenvalue weighted by atomic mass is 31.2. The third kappa shape index (κ3) is 2.44. The van der Waals surface area contributed by atoms with Crippen molar-refractivity contribution in [1.29, 1.82) is 0 Å². The molecule has 1 atom stereocenters. The molecule has 0 saturated heterocycles. The van der Waals surface area contributed by atoms with E-state index in [0.29, 0.717) is 5.56 Å². The maximum atomic E-state index is 11.5. The van der Waals surface area contributed by atoms with Gasteiger partial charge in [0.1, 0.15) is 5.54 Å². The summed E-state index contributed by atoms with van der Waals surface area (Å²) >= 11 is 0. The number of nitrogens with two attached hydrogens (primary N) is 1. The van der Waals surface area contributed by atoms with Gasteiger partial charge in [-0.2, -0.15) is 0 Å². The lowest BCUT2D eigenvalue weighted by Crippen LogP contribution is -2.53. The standard InChI is InChI=1S/C12H16NO5P/c13-12(11(14)15,8-2-1-3-8)9-4-6-10(7-5-9)19(16,17)18/h4-8H,1-3,13H2,(H,14,15)(H2,16,17,18)/t12-/m1/s1. The maximum Gasteiger partial charge on any atom is 0.356 e. The predicted octanol–water partition coefficient (Wildman–Crippen LogP) is 0.528. The van der Waals surface area contributed by atoms with Gasteiger partial charge < -0.3 is 20.6 Å². The lowest BCUT2D eigenvalue weighted by molar-refractivity contribution is -0.147. The van der Waals surface area contributed by atoms with E-state index in [2.05, 4.69) is 0 Å². The van der Waals surface area contributed by atoms with Crippen LogP contribution in [-0.2, 0) is 14.9 Å². The van der Waals surface area contributed by atoms with Gasteiger partial charge in [-0.3, -0.25) is 4.57 Å². The van der Waals surface area contributed by atoms with Gasteiger partial charge in [-0.15, -0.1) is 0 Å². The van der Waals surface area contributed by atoms with Crippen LogP contribution < -0.4 is 11.0 Å². The number of aliphatic carboxylic acids is 1. The molecular formula is C12H16NO5P. The maximum absolute atomic E-state index is 11.5. The predicted molar refractivity (Wildman–Crippen MR) is 69.0 cm³/mol. The van der Waals surface area contributed by atoms with E-state index in [-0.39, 0.29) is 11.2 Å². The van der Waals surface area contributed by atoms with Crippen molar-refractivity contribution in [3.05, 3.63) is 29.8 Å². The van der Waals surface area contributed by atoms with Crippen molar-refractivity contribution in [2.45, 2.75) is 24.8 Å². The molecule has 0 aliphatic heterocycles. The van der Waals surface area contributed by atoms with E-state index in [1.165, 1.54) is 24.3 Å². The van der Waals surface area contributed by atoms with E-state index in [0.717, 1.165) is 19.3 Å². The van der Waals surface area contributed by atoms with Crippen LogP contribution in [0.4, 0.5) is 0 Å². The number of benzene rings is 1. The minimum Gasteiger partial charge on any atom is -0.480 e. The van der Waals surface area contributed by atoms with Gasteiger partial charge in [0.25, 0.3) is 0 Å². The molecule has 1 aliphatic rings. The average Bonchev–Trinajstić information content (AvgIpc) is 2.25. The van der Waals surface area contributed by atoms with Gasteiger partial charge >= 0.3 is 13.6 Å². The molecule has 0 bridgehead atoms. The molecule has 5 N–H and O–H groups in total. The third-order valence-electron chi connectivity index (χ3n) is 3.78. The Labute approximate surface area is 110 Å². The summed E-state index contributed by atoms with van der Waals surface area (Å²) in [4.78, 5) is 29.5. The first-order valence-corrected chi connectivity index (χ1v) is 7.56. The Balaban J connectivity index is 2.38. The average molecular weight is 285 g/mol. The molecular weight excluding hydrogens is 269 g/mol. The Morgan fingerprint density at radius 1 is 1.26 bits per heavy atom. The Hall–Kier alpha value is -1.20. The highest BCUT2D eigenvalue weighted by Gasteiger charge is 2.46. The highest BCUT2D eigenvalue weighted by Crippen LogP contribution is 2.41. The third-order valence-corrected chi connectivity index (χ3v) is 4.76. The van der Waals surface area contributed by atoms with E-state index in [4.69, 9.17) is 15.5 Å². The van der Waals surface area contributed by atoms with Crippen LogP contribution in [0, 0.1) is 5.92 Å². The lowest BCUT2D eigenvalue weighted by atomic mass is 9.68. The monoisotopic (exact) mass is 285 g/mol.